The number of ether oxygens (including phenoxy) is 1. The molecule has 0 aliphatic heterocycles. The molecule has 5 nitrogen and oxygen atoms in total. The molecule has 1 heterocycles. The highest BCUT2D eigenvalue weighted by atomic mass is 16.5. The minimum absolute atomic E-state index is 0.0671. The Morgan fingerprint density at radius 2 is 1.91 bits per heavy atom. The Morgan fingerprint density at radius 1 is 1.22 bits per heavy atom. The standard InChI is InChI=1S/C18H16O5/c1-10-3-5-12(6-4-10)16-15(18(20)21)13-7-11(9-19)8-14(22-2)17(13)23-16/h3-8,19H,9H2,1-2H3,(H,20,21). The van der Waals surface area contributed by atoms with Gasteiger partial charge in [-0.15, -0.1) is 0 Å². The summed E-state index contributed by atoms with van der Waals surface area (Å²) in [6.07, 6.45) is 0. The third-order valence-electron chi connectivity index (χ3n) is 3.75. The Hall–Kier alpha value is -2.79. The lowest BCUT2D eigenvalue weighted by Crippen LogP contribution is -1.98. The number of fused-ring (bicyclic) bond motifs is 1. The average Bonchev–Trinajstić information content (AvgIpc) is 2.93. The topological polar surface area (TPSA) is 79.9 Å². The van der Waals surface area contributed by atoms with Crippen LogP contribution in [0.2, 0.25) is 0 Å². The molecule has 0 fully saturated rings. The lowest BCUT2D eigenvalue weighted by Gasteiger charge is -2.03. The van der Waals surface area contributed by atoms with Crippen LogP contribution in [0, 0.1) is 6.92 Å². The molecule has 3 rings (SSSR count). The van der Waals surface area contributed by atoms with Gasteiger partial charge in [-0.25, -0.2) is 4.79 Å². The first-order chi connectivity index (χ1) is 11.0. The van der Waals surface area contributed by atoms with Gasteiger partial charge in [0.05, 0.1) is 13.7 Å². The van der Waals surface area contributed by atoms with Crippen LogP contribution in [-0.2, 0) is 6.61 Å². The Balaban J connectivity index is 2.36. The van der Waals surface area contributed by atoms with E-state index < -0.39 is 5.97 Å². The van der Waals surface area contributed by atoms with Gasteiger partial charge < -0.3 is 19.4 Å². The van der Waals surface area contributed by atoms with Gasteiger partial charge in [0, 0.05) is 10.9 Å². The molecule has 2 aromatic carbocycles. The summed E-state index contributed by atoms with van der Waals surface area (Å²) in [6, 6.07) is 10.7. The zero-order valence-electron chi connectivity index (χ0n) is 12.8. The summed E-state index contributed by atoms with van der Waals surface area (Å²) in [5.41, 5.74) is 2.74. The number of furan rings is 1. The summed E-state index contributed by atoms with van der Waals surface area (Å²) in [6.45, 7) is 1.74. The predicted molar refractivity (Wildman–Crippen MR) is 85.8 cm³/mol. The minimum atomic E-state index is -1.09. The molecule has 2 N–H and O–H groups in total. The zero-order valence-corrected chi connectivity index (χ0v) is 12.8. The van der Waals surface area contributed by atoms with Crippen molar-refractivity contribution in [3.63, 3.8) is 0 Å². The molecule has 0 spiro atoms. The van der Waals surface area contributed by atoms with Gasteiger partial charge in [-0.3, -0.25) is 0 Å². The van der Waals surface area contributed by atoms with Crippen LogP contribution in [0.5, 0.6) is 5.75 Å². The number of aryl methyl sites for hydroxylation is 1. The summed E-state index contributed by atoms with van der Waals surface area (Å²) in [4.78, 5) is 11.8. The smallest absolute Gasteiger partial charge is 0.340 e. The lowest BCUT2D eigenvalue weighted by molar-refractivity contribution is 0.0699. The van der Waals surface area contributed by atoms with Crippen molar-refractivity contribution in [2.45, 2.75) is 13.5 Å². The van der Waals surface area contributed by atoms with Crippen LogP contribution in [-0.4, -0.2) is 23.3 Å². The van der Waals surface area contributed by atoms with Gasteiger partial charge in [0.1, 0.15) is 11.3 Å². The molecule has 1 aromatic heterocycles. The third kappa shape index (κ3) is 2.55. The van der Waals surface area contributed by atoms with Crippen LogP contribution in [0.15, 0.2) is 40.8 Å². The van der Waals surface area contributed by atoms with E-state index in [9.17, 15) is 15.0 Å². The number of benzene rings is 2. The van der Waals surface area contributed by atoms with Crippen molar-refractivity contribution >= 4 is 16.9 Å². The van der Waals surface area contributed by atoms with E-state index in [1.165, 1.54) is 7.11 Å². The lowest BCUT2D eigenvalue weighted by atomic mass is 10.0. The van der Waals surface area contributed by atoms with E-state index in [2.05, 4.69) is 0 Å². The Labute approximate surface area is 132 Å². The number of carbonyl (C=O) groups is 1. The van der Waals surface area contributed by atoms with E-state index in [0.29, 0.717) is 27.8 Å². The largest absolute Gasteiger partial charge is 0.493 e. The SMILES string of the molecule is COc1cc(CO)cc2c(C(=O)O)c(-c3ccc(C)cc3)oc12. The number of methoxy groups -OCH3 is 1. The average molecular weight is 312 g/mol. The summed E-state index contributed by atoms with van der Waals surface area (Å²) in [5, 5.41) is 19.4. The van der Waals surface area contributed by atoms with Crippen LogP contribution in [0.1, 0.15) is 21.5 Å². The predicted octanol–water partition coefficient (Wildman–Crippen LogP) is 3.61. The second-order valence-electron chi connectivity index (χ2n) is 5.31. The summed E-state index contributed by atoms with van der Waals surface area (Å²) in [5.74, 6) is -0.412. The van der Waals surface area contributed by atoms with Crippen molar-refractivity contribution in [2.24, 2.45) is 0 Å². The quantitative estimate of drug-likeness (QED) is 0.769. The second kappa shape index (κ2) is 5.78. The Bertz CT molecular complexity index is 875. The molecule has 0 saturated heterocycles. The number of hydrogen-bond acceptors (Lipinski definition) is 4. The van der Waals surface area contributed by atoms with E-state index in [1.807, 2.05) is 31.2 Å². The van der Waals surface area contributed by atoms with Gasteiger partial charge in [-0.05, 0) is 24.6 Å². The molecule has 0 amide bonds. The molecule has 0 atom stereocenters. The van der Waals surface area contributed by atoms with E-state index in [4.69, 9.17) is 9.15 Å². The Morgan fingerprint density at radius 3 is 2.48 bits per heavy atom. The maximum absolute atomic E-state index is 11.8. The molecule has 118 valence electrons. The third-order valence-corrected chi connectivity index (χ3v) is 3.75. The molecule has 3 aromatic rings. The van der Waals surface area contributed by atoms with Crippen LogP contribution < -0.4 is 4.74 Å². The first-order valence-electron chi connectivity index (χ1n) is 7.09. The first-order valence-corrected chi connectivity index (χ1v) is 7.09. The molecule has 0 aliphatic carbocycles. The van der Waals surface area contributed by atoms with Gasteiger partial charge in [-0.2, -0.15) is 0 Å². The summed E-state index contributed by atoms with van der Waals surface area (Å²) < 4.78 is 11.1. The van der Waals surface area contributed by atoms with Crippen molar-refractivity contribution < 1.29 is 24.2 Å². The fraction of sp³-hybridized carbons (Fsp3) is 0.167. The minimum Gasteiger partial charge on any atom is -0.493 e. The molecule has 5 heteroatoms. The maximum atomic E-state index is 11.8. The van der Waals surface area contributed by atoms with Gasteiger partial charge in [-0.1, -0.05) is 29.8 Å². The second-order valence-corrected chi connectivity index (χ2v) is 5.31. The molecular weight excluding hydrogens is 296 g/mol. The maximum Gasteiger partial charge on any atom is 0.340 e. The molecule has 0 unspecified atom stereocenters. The number of aliphatic hydroxyl groups is 1. The number of carboxylic acid groups (broad SMARTS) is 1. The van der Waals surface area contributed by atoms with Crippen LogP contribution in [0.4, 0.5) is 0 Å². The zero-order chi connectivity index (χ0) is 16.6. The van der Waals surface area contributed by atoms with Crippen LogP contribution >= 0.6 is 0 Å². The van der Waals surface area contributed by atoms with Crippen molar-refractivity contribution in [3.8, 4) is 17.1 Å². The fourth-order valence-electron chi connectivity index (χ4n) is 2.59. The highest BCUT2D eigenvalue weighted by molar-refractivity contribution is 6.09. The van der Waals surface area contributed by atoms with Crippen LogP contribution in [0.3, 0.4) is 0 Å². The number of hydrogen-bond donors (Lipinski definition) is 2. The van der Waals surface area contributed by atoms with E-state index in [-0.39, 0.29) is 17.9 Å². The van der Waals surface area contributed by atoms with Crippen LogP contribution in [0.25, 0.3) is 22.3 Å². The van der Waals surface area contributed by atoms with Gasteiger partial charge >= 0.3 is 5.97 Å². The number of aromatic carboxylic acids is 1. The van der Waals surface area contributed by atoms with Crippen molar-refractivity contribution in [2.75, 3.05) is 7.11 Å². The molecule has 0 radical (unpaired) electrons. The number of aliphatic hydroxyl groups excluding tert-OH is 1. The van der Waals surface area contributed by atoms with Crippen molar-refractivity contribution in [1.29, 1.82) is 0 Å². The number of carboxylic acids is 1. The molecule has 0 bridgehead atoms. The fourth-order valence-corrected chi connectivity index (χ4v) is 2.59. The van der Waals surface area contributed by atoms with Gasteiger partial charge in [0.15, 0.2) is 11.3 Å². The first kappa shape index (κ1) is 15.1. The van der Waals surface area contributed by atoms with E-state index >= 15 is 0 Å². The highest BCUT2D eigenvalue weighted by Gasteiger charge is 2.24. The summed E-state index contributed by atoms with van der Waals surface area (Å²) in [7, 11) is 1.48. The monoisotopic (exact) mass is 312 g/mol. The van der Waals surface area contributed by atoms with Crippen molar-refractivity contribution in [1.82, 2.24) is 0 Å². The highest BCUT2D eigenvalue weighted by Crippen LogP contribution is 2.39. The summed E-state index contributed by atoms with van der Waals surface area (Å²) >= 11 is 0. The van der Waals surface area contributed by atoms with Crippen molar-refractivity contribution in [3.05, 3.63) is 53.1 Å². The van der Waals surface area contributed by atoms with Gasteiger partial charge in [0.2, 0.25) is 0 Å². The Kier molecular flexibility index (Phi) is 3.80. The normalized spacial score (nSPS) is 10.9. The molecule has 23 heavy (non-hydrogen) atoms. The van der Waals surface area contributed by atoms with E-state index in [0.717, 1.165) is 5.56 Å². The molecular formula is C18H16O5. The molecule has 0 saturated carbocycles. The van der Waals surface area contributed by atoms with E-state index in [1.54, 1.807) is 12.1 Å². The van der Waals surface area contributed by atoms with Gasteiger partial charge in [0.25, 0.3) is 0 Å². The number of rotatable bonds is 4. The molecule has 0 aliphatic rings.